The van der Waals surface area contributed by atoms with Crippen molar-refractivity contribution in [3.8, 4) is 5.75 Å². The van der Waals surface area contributed by atoms with Crippen molar-refractivity contribution in [2.45, 2.75) is 19.8 Å². The van der Waals surface area contributed by atoms with Gasteiger partial charge in [-0.25, -0.2) is 0 Å². The zero-order valence-corrected chi connectivity index (χ0v) is 12.5. The third kappa shape index (κ3) is 3.37. The normalized spacial score (nSPS) is 10.5. The van der Waals surface area contributed by atoms with E-state index >= 15 is 0 Å². The average molecular weight is 295 g/mol. The first-order chi connectivity index (χ1) is 9.13. The summed E-state index contributed by atoms with van der Waals surface area (Å²) >= 11 is 7.52. The summed E-state index contributed by atoms with van der Waals surface area (Å²) in [7, 11) is 1.59. The van der Waals surface area contributed by atoms with Crippen LogP contribution in [0.25, 0.3) is 0 Å². The summed E-state index contributed by atoms with van der Waals surface area (Å²) in [6.45, 7) is 2.08. The highest BCUT2D eigenvalue weighted by Crippen LogP contribution is 2.25. The number of aryl methyl sites for hydroxylation is 1. The molecule has 0 saturated carbocycles. The second kappa shape index (κ2) is 6.22. The number of carbonyl (C=O) groups excluding carboxylic acids is 1. The van der Waals surface area contributed by atoms with Crippen molar-refractivity contribution in [3.63, 3.8) is 0 Å². The molecule has 0 amide bonds. The van der Waals surface area contributed by atoms with Gasteiger partial charge in [0.1, 0.15) is 5.75 Å². The molecule has 0 radical (unpaired) electrons. The van der Waals surface area contributed by atoms with Crippen molar-refractivity contribution >= 4 is 28.7 Å². The van der Waals surface area contributed by atoms with E-state index in [2.05, 4.69) is 6.92 Å². The molecule has 0 spiro atoms. The lowest BCUT2D eigenvalue weighted by atomic mass is 10.1. The number of hydrogen-bond acceptors (Lipinski definition) is 3. The molecule has 1 heterocycles. The Kier molecular flexibility index (Phi) is 4.61. The van der Waals surface area contributed by atoms with Crippen LogP contribution in [-0.4, -0.2) is 12.9 Å². The van der Waals surface area contributed by atoms with Gasteiger partial charge >= 0.3 is 0 Å². The summed E-state index contributed by atoms with van der Waals surface area (Å²) in [4.78, 5) is 14.2. The number of methoxy groups -OCH3 is 1. The van der Waals surface area contributed by atoms with Crippen molar-refractivity contribution in [2.24, 2.45) is 0 Å². The molecule has 0 unspecified atom stereocenters. The number of hydrogen-bond donors (Lipinski definition) is 0. The van der Waals surface area contributed by atoms with Crippen LogP contribution in [0, 0.1) is 0 Å². The first-order valence-electron chi connectivity index (χ1n) is 6.08. The number of halogens is 1. The molecule has 0 atom stereocenters. The van der Waals surface area contributed by atoms with Gasteiger partial charge in [0, 0.05) is 21.9 Å². The van der Waals surface area contributed by atoms with Crippen molar-refractivity contribution in [3.05, 3.63) is 50.7 Å². The fourth-order valence-electron chi connectivity index (χ4n) is 1.86. The van der Waals surface area contributed by atoms with Gasteiger partial charge in [-0.3, -0.25) is 4.79 Å². The molecule has 0 aliphatic carbocycles. The van der Waals surface area contributed by atoms with Crippen LogP contribution in [0.1, 0.15) is 27.0 Å². The Bertz CT molecular complexity index is 590. The molecule has 0 N–H and O–H groups in total. The lowest BCUT2D eigenvalue weighted by Gasteiger charge is -2.07. The fourth-order valence-corrected chi connectivity index (χ4v) is 2.94. The lowest BCUT2D eigenvalue weighted by molar-refractivity contribution is 0.0996. The van der Waals surface area contributed by atoms with Crippen molar-refractivity contribution in [1.29, 1.82) is 0 Å². The number of ketones is 1. The number of ether oxygens (including phenoxy) is 1. The highest BCUT2D eigenvalue weighted by molar-refractivity contribution is 7.14. The Morgan fingerprint density at radius 2 is 2.11 bits per heavy atom. The maximum Gasteiger partial charge on any atom is 0.177 e. The molecule has 19 heavy (non-hydrogen) atoms. The van der Waals surface area contributed by atoms with Gasteiger partial charge in [-0.05, 0) is 36.8 Å². The Hall–Kier alpha value is -1.32. The molecule has 100 valence electrons. The van der Waals surface area contributed by atoms with Crippen LogP contribution in [0.15, 0.2) is 30.3 Å². The molecule has 2 rings (SSSR count). The van der Waals surface area contributed by atoms with E-state index in [4.69, 9.17) is 16.3 Å². The number of rotatable bonds is 5. The van der Waals surface area contributed by atoms with Crippen LogP contribution in [-0.2, 0) is 12.8 Å². The van der Waals surface area contributed by atoms with E-state index in [1.54, 1.807) is 36.6 Å². The lowest BCUT2D eigenvalue weighted by Crippen LogP contribution is -2.03. The molecule has 2 nitrogen and oxygen atoms in total. The molecule has 2 aromatic rings. The Labute approximate surface area is 122 Å². The van der Waals surface area contributed by atoms with Crippen molar-refractivity contribution in [1.82, 2.24) is 0 Å². The highest BCUT2D eigenvalue weighted by atomic mass is 35.5. The monoisotopic (exact) mass is 294 g/mol. The fraction of sp³-hybridized carbons (Fsp3) is 0.267. The number of benzene rings is 1. The largest absolute Gasteiger partial charge is 0.496 e. The van der Waals surface area contributed by atoms with Crippen molar-refractivity contribution in [2.75, 3.05) is 7.11 Å². The first kappa shape index (κ1) is 14.1. The van der Waals surface area contributed by atoms with E-state index < -0.39 is 0 Å². The molecule has 4 heteroatoms. The van der Waals surface area contributed by atoms with E-state index in [1.807, 2.05) is 12.1 Å². The van der Waals surface area contributed by atoms with Gasteiger partial charge in [-0.1, -0.05) is 18.5 Å². The van der Waals surface area contributed by atoms with Crippen LogP contribution in [0.4, 0.5) is 0 Å². The molecule has 0 bridgehead atoms. The summed E-state index contributed by atoms with van der Waals surface area (Å²) in [6, 6.07) is 9.23. The predicted octanol–water partition coefficient (Wildman–Crippen LogP) is 4.40. The Morgan fingerprint density at radius 1 is 1.32 bits per heavy atom. The van der Waals surface area contributed by atoms with Gasteiger partial charge in [0.25, 0.3) is 0 Å². The van der Waals surface area contributed by atoms with Gasteiger partial charge in [0.2, 0.25) is 0 Å². The minimum atomic E-state index is 0.102. The van der Waals surface area contributed by atoms with Crippen LogP contribution >= 0.6 is 22.9 Å². The maximum absolute atomic E-state index is 12.2. The van der Waals surface area contributed by atoms with Gasteiger partial charge in [0.15, 0.2) is 5.78 Å². The Balaban J connectivity index is 2.20. The number of carbonyl (C=O) groups is 1. The summed E-state index contributed by atoms with van der Waals surface area (Å²) < 4.78 is 5.26. The second-order valence-corrected chi connectivity index (χ2v) is 5.78. The highest BCUT2D eigenvalue weighted by Gasteiger charge is 2.13. The third-order valence-electron chi connectivity index (χ3n) is 2.88. The van der Waals surface area contributed by atoms with E-state index in [0.717, 1.165) is 16.9 Å². The molecule has 0 aliphatic rings. The number of Topliss-reactive ketones (excluding diaryl/α,β-unsaturated/α-hetero) is 1. The second-order valence-electron chi connectivity index (χ2n) is 4.18. The van der Waals surface area contributed by atoms with Gasteiger partial charge in [-0.2, -0.15) is 0 Å². The van der Waals surface area contributed by atoms with Gasteiger partial charge in [-0.15, -0.1) is 11.3 Å². The zero-order chi connectivity index (χ0) is 13.8. The smallest absolute Gasteiger partial charge is 0.177 e. The van der Waals surface area contributed by atoms with E-state index in [-0.39, 0.29) is 5.78 Å². The van der Waals surface area contributed by atoms with E-state index in [0.29, 0.717) is 17.2 Å². The third-order valence-corrected chi connectivity index (χ3v) is 4.38. The molecule has 1 aromatic carbocycles. The minimum absolute atomic E-state index is 0.102. The molecule has 0 aliphatic heterocycles. The van der Waals surface area contributed by atoms with Crippen LogP contribution in [0.5, 0.6) is 5.75 Å². The van der Waals surface area contributed by atoms with E-state index in [9.17, 15) is 4.79 Å². The predicted molar refractivity (Wildman–Crippen MR) is 79.7 cm³/mol. The summed E-state index contributed by atoms with van der Waals surface area (Å²) in [5.41, 5.74) is 0.825. The topological polar surface area (TPSA) is 26.3 Å². The van der Waals surface area contributed by atoms with Crippen LogP contribution < -0.4 is 4.74 Å². The zero-order valence-electron chi connectivity index (χ0n) is 10.9. The van der Waals surface area contributed by atoms with E-state index in [1.165, 1.54) is 4.88 Å². The standard InChI is InChI=1S/C15H15ClO2S/c1-3-12-5-7-15(19-12)13(17)9-10-8-11(16)4-6-14(10)18-2/h4-8H,3,9H2,1-2H3. The van der Waals surface area contributed by atoms with Crippen LogP contribution in [0.2, 0.25) is 5.02 Å². The molecule has 1 aromatic heterocycles. The van der Waals surface area contributed by atoms with Gasteiger partial charge < -0.3 is 4.74 Å². The summed E-state index contributed by atoms with van der Waals surface area (Å²) in [5.74, 6) is 0.801. The van der Waals surface area contributed by atoms with Crippen molar-refractivity contribution < 1.29 is 9.53 Å². The quantitative estimate of drug-likeness (QED) is 0.764. The molecule has 0 fully saturated rings. The van der Waals surface area contributed by atoms with Gasteiger partial charge in [0.05, 0.1) is 12.0 Å². The summed E-state index contributed by atoms with van der Waals surface area (Å²) in [6.07, 6.45) is 1.27. The molecule has 0 saturated heterocycles. The SMILES string of the molecule is CCc1ccc(C(=O)Cc2cc(Cl)ccc2OC)s1. The van der Waals surface area contributed by atoms with Crippen LogP contribution in [0.3, 0.4) is 0 Å². The summed E-state index contributed by atoms with van der Waals surface area (Å²) in [5, 5.41) is 0.615. The molecular weight excluding hydrogens is 280 g/mol. The molecular formula is C15H15ClO2S. The first-order valence-corrected chi connectivity index (χ1v) is 7.27. The Morgan fingerprint density at radius 3 is 2.74 bits per heavy atom. The minimum Gasteiger partial charge on any atom is -0.496 e. The number of thiophene rings is 1. The maximum atomic E-state index is 12.2. The average Bonchev–Trinajstić information content (AvgIpc) is 2.88.